The predicted molar refractivity (Wildman–Crippen MR) is 154 cm³/mol. The molecule has 0 aliphatic carbocycles. The second-order valence-electron chi connectivity index (χ2n) is 9.35. The number of hydrogen-bond donors (Lipinski definition) is 1. The van der Waals surface area contributed by atoms with Crippen molar-refractivity contribution >= 4 is 50.9 Å². The van der Waals surface area contributed by atoms with Gasteiger partial charge in [-0.1, -0.05) is 71.7 Å². The van der Waals surface area contributed by atoms with E-state index in [0.29, 0.717) is 22.2 Å². The highest BCUT2D eigenvalue weighted by Crippen LogP contribution is 2.30. The summed E-state index contributed by atoms with van der Waals surface area (Å²) in [6.07, 6.45) is 0.277. The molecular formula is C29H29Cl2N3O5S. The molecule has 0 unspecified atom stereocenters. The highest BCUT2D eigenvalue weighted by molar-refractivity contribution is 7.90. The number of sulfonamides is 1. The monoisotopic (exact) mass is 601 g/mol. The van der Waals surface area contributed by atoms with E-state index in [2.05, 4.69) is 5.32 Å². The molecule has 3 aromatic rings. The SMILES string of the molecule is CCNC(=O)[C@@H](Cc1ccccc1)N(Cc1ccc(Cl)c(Cl)c1)C(=O)CCCN1C(=O)c2ccccc2S1(=O)=O. The minimum atomic E-state index is -3.98. The van der Waals surface area contributed by atoms with Crippen LogP contribution in [0, 0.1) is 0 Å². The number of nitrogens with zero attached hydrogens (tertiary/aromatic N) is 2. The highest BCUT2D eigenvalue weighted by atomic mass is 35.5. The third-order valence-corrected chi connectivity index (χ3v) is 9.20. The lowest BCUT2D eigenvalue weighted by atomic mass is 10.0. The van der Waals surface area contributed by atoms with Crippen molar-refractivity contribution < 1.29 is 22.8 Å². The maximum absolute atomic E-state index is 13.7. The van der Waals surface area contributed by atoms with Crippen LogP contribution in [-0.2, 0) is 32.6 Å². The van der Waals surface area contributed by atoms with E-state index in [9.17, 15) is 22.8 Å². The van der Waals surface area contributed by atoms with Gasteiger partial charge in [-0.3, -0.25) is 14.4 Å². The van der Waals surface area contributed by atoms with Crippen molar-refractivity contribution in [1.29, 1.82) is 0 Å². The molecule has 0 saturated heterocycles. The van der Waals surface area contributed by atoms with Gasteiger partial charge in [0, 0.05) is 32.5 Å². The Morgan fingerprint density at radius 2 is 1.65 bits per heavy atom. The molecule has 0 aromatic heterocycles. The zero-order valence-corrected chi connectivity index (χ0v) is 24.2. The molecule has 40 heavy (non-hydrogen) atoms. The van der Waals surface area contributed by atoms with E-state index >= 15 is 0 Å². The molecule has 1 heterocycles. The summed E-state index contributed by atoms with van der Waals surface area (Å²) in [6, 6.07) is 19.6. The average Bonchev–Trinajstić information content (AvgIpc) is 3.13. The van der Waals surface area contributed by atoms with Crippen LogP contribution in [0.2, 0.25) is 10.0 Å². The largest absolute Gasteiger partial charge is 0.355 e. The van der Waals surface area contributed by atoms with Gasteiger partial charge in [0.15, 0.2) is 0 Å². The van der Waals surface area contributed by atoms with E-state index in [0.717, 1.165) is 9.87 Å². The van der Waals surface area contributed by atoms with Crippen molar-refractivity contribution in [3.63, 3.8) is 0 Å². The van der Waals surface area contributed by atoms with E-state index in [1.807, 2.05) is 30.3 Å². The number of amides is 3. The van der Waals surface area contributed by atoms with Gasteiger partial charge in [-0.15, -0.1) is 0 Å². The number of carbonyl (C=O) groups is 3. The highest BCUT2D eigenvalue weighted by Gasteiger charge is 2.40. The molecule has 1 atom stereocenters. The van der Waals surface area contributed by atoms with Gasteiger partial charge in [0.1, 0.15) is 10.9 Å². The van der Waals surface area contributed by atoms with Gasteiger partial charge in [0.05, 0.1) is 15.6 Å². The van der Waals surface area contributed by atoms with Crippen molar-refractivity contribution in [3.05, 3.63) is 99.5 Å². The molecule has 3 amide bonds. The summed E-state index contributed by atoms with van der Waals surface area (Å²) in [4.78, 5) is 41.2. The lowest BCUT2D eigenvalue weighted by Gasteiger charge is -2.32. The molecule has 0 saturated carbocycles. The maximum Gasteiger partial charge on any atom is 0.269 e. The first-order chi connectivity index (χ1) is 19.1. The first kappa shape index (κ1) is 29.6. The average molecular weight is 603 g/mol. The minimum absolute atomic E-state index is 0.0354. The second-order valence-corrected chi connectivity index (χ2v) is 12.0. The Morgan fingerprint density at radius 1 is 0.950 bits per heavy atom. The van der Waals surface area contributed by atoms with Crippen molar-refractivity contribution in [2.24, 2.45) is 0 Å². The lowest BCUT2D eigenvalue weighted by Crippen LogP contribution is -2.50. The smallest absolute Gasteiger partial charge is 0.269 e. The van der Waals surface area contributed by atoms with Crippen LogP contribution in [0.3, 0.4) is 0 Å². The summed E-state index contributed by atoms with van der Waals surface area (Å²) in [5, 5.41) is 3.51. The molecule has 0 spiro atoms. The van der Waals surface area contributed by atoms with Gasteiger partial charge >= 0.3 is 0 Å². The number of halogens is 2. The maximum atomic E-state index is 13.7. The number of fused-ring (bicyclic) bond motifs is 1. The van der Waals surface area contributed by atoms with Gasteiger partial charge in [-0.05, 0) is 48.7 Å². The number of benzene rings is 3. The zero-order chi connectivity index (χ0) is 28.9. The van der Waals surface area contributed by atoms with Crippen LogP contribution in [0.25, 0.3) is 0 Å². The molecule has 8 nitrogen and oxygen atoms in total. The van der Waals surface area contributed by atoms with Crippen LogP contribution in [0.15, 0.2) is 77.7 Å². The lowest BCUT2D eigenvalue weighted by molar-refractivity contribution is -0.141. The number of nitrogens with one attached hydrogen (secondary N) is 1. The first-order valence-electron chi connectivity index (χ1n) is 12.8. The van der Waals surface area contributed by atoms with Crippen molar-refractivity contribution in [2.45, 2.75) is 43.7 Å². The summed E-state index contributed by atoms with van der Waals surface area (Å²) >= 11 is 12.3. The quantitative estimate of drug-likeness (QED) is 0.343. The van der Waals surface area contributed by atoms with Crippen LogP contribution in [0.4, 0.5) is 0 Å². The van der Waals surface area contributed by atoms with Crippen molar-refractivity contribution in [2.75, 3.05) is 13.1 Å². The Balaban J connectivity index is 1.57. The van der Waals surface area contributed by atoms with Crippen LogP contribution in [0.1, 0.15) is 41.3 Å². The van der Waals surface area contributed by atoms with Crippen LogP contribution < -0.4 is 5.32 Å². The molecule has 3 aromatic carbocycles. The molecule has 11 heteroatoms. The number of likely N-dealkylation sites (N-methyl/N-ethyl adjacent to an activating group) is 1. The molecule has 0 fully saturated rings. The van der Waals surface area contributed by atoms with Gasteiger partial charge in [-0.2, -0.15) is 0 Å². The molecular weight excluding hydrogens is 573 g/mol. The topological polar surface area (TPSA) is 104 Å². The summed E-state index contributed by atoms with van der Waals surface area (Å²) in [7, 11) is -3.98. The standard InChI is InChI=1S/C29H29Cl2N3O5S/c1-2-32-28(36)25(18-20-9-4-3-5-10-20)33(19-21-14-15-23(30)24(31)17-21)27(35)13-8-16-34-29(37)22-11-6-7-12-26(22)40(34,38)39/h3-7,9-12,14-15,17,25H,2,8,13,16,18-19H2,1H3,(H,32,36)/t25-/m1/s1. The third kappa shape index (κ3) is 6.49. The van der Waals surface area contributed by atoms with Crippen LogP contribution >= 0.6 is 23.2 Å². The van der Waals surface area contributed by atoms with E-state index in [1.54, 1.807) is 37.3 Å². The fourth-order valence-electron chi connectivity index (χ4n) is 4.65. The van der Waals surface area contributed by atoms with E-state index < -0.39 is 22.0 Å². The van der Waals surface area contributed by atoms with E-state index in [1.165, 1.54) is 17.0 Å². The fourth-order valence-corrected chi connectivity index (χ4v) is 6.58. The Morgan fingerprint density at radius 3 is 2.33 bits per heavy atom. The summed E-state index contributed by atoms with van der Waals surface area (Å²) in [6.45, 7) is 2.10. The fraction of sp³-hybridized carbons (Fsp3) is 0.276. The Hall–Kier alpha value is -3.40. The Labute approximate surface area is 243 Å². The van der Waals surface area contributed by atoms with Gasteiger partial charge < -0.3 is 10.2 Å². The second kappa shape index (κ2) is 12.8. The minimum Gasteiger partial charge on any atom is -0.355 e. The molecule has 0 radical (unpaired) electrons. The Bertz CT molecular complexity index is 1520. The Kier molecular flexibility index (Phi) is 9.50. The summed E-state index contributed by atoms with van der Waals surface area (Å²) in [5.74, 6) is -1.28. The van der Waals surface area contributed by atoms with Gasteiger partial charge in [0.25, 0.3) is 15.9 Å². The zero-order valence-electron chi connectivity index (χ0n) is 21.8. The molecule has 4 rings (SSSR count). The molecule has 0 bridgehead atoms. The normalized spacial score (nSPS) is 14.5. The summed E-state index contributed by atoms with van der Waals surface area (Å²) in [5.41, 5.74) is 1.67. The predicted octanol–water partition coefficient (Wildman–Crippen LogP) is 4.69. The van der Waals surface area contributed by atoms with Gasteiger partial charge in [0.2, 0.25) is 11.8 Å². The first-order valence-corrected chi connectivity index (χ1v) is 15.0. The number of hydrogen-bond acceptors (Lipinski definition) is 5. The number of rotatable bonds is 11. The van der Waals surface area contributed by atoms with E-state index in [-0.39, 0.29) is 54.6 Å². The third-order valence-electron chi connectivity index (χ3n) is 6.62. The molecule has 1 aliphatic rings. The summed E-state index contributed by atoms with van der Waals surface area (Å²) < 4.78 is 26.6. The molecule has 210 valence electrons. The van der Waals surface area contributed by atoms with Gasteiger partial charge in [-0.25, -0.2) is 12.7 Å². The van der Waals surface area contributed by atoms with Crippen molar-refractivity contribution in [1.82, 2.24) is 14.5 Å². The van der Waals surface area contributed by atoms with E-state index in [4.69, 9.17) is 23.2 Å². The van der Waals surface area contributed by atoms with Crippen LogP contribution in [0.5, 0.6) is 0 Å². The molecule has 1 N–H and O–H groups in total. The molecule has 1 aliphatic heterocycles. The van der Waals surface area contributed by atoms with Crippen molar-refractivity contribution in [3.8, 4) is 0 Å². The number of carbonyl (C=O) groups excluding carboxylic acids is 3. The van der Waals surface area contributed by atoms with Crippen LogP contribution in [-0.4, -0.2) is 54.5 Å².